The van der Waals surface area contributed by atoms with E-state index in [1.165, 1.54) is 30.2 Å². The third-order valence-electron chi connectivity index (χ3n) is 5.13. The van der Waals surface area contributed by atoms with Gasteiger partial charge in [-0.15, -0.1) is 0 Å². The van der Waals surface area contributed by atoms with Crippen molar-refractivity contribution < 1.29 is 13.2 Å². The summed E-state index contributed by atoms with van der Waals surface area (Å²) < 4.78 is 28.1. The van der Waals surface area contributed by atoms with Gasteiger partial charge in [-0.1, -0.05) is 25.3 Å². The first-order valence-corrected chi connectivity index (χ1v) is 9.66. The van der Waals surface area contributed by atoms with Gasteiger partial charge in [0.25, 0.3) is 5.91 Å². The molecule has 1 unspecified atom stereocenters. The maximum Gasteiger partial charge on any atom is 0.253 e. The summed E-state index contributed by atoms with van der Waals surface area (Å²) in [6.07, 6.45) is 6.85. The monoisotopic (exact) mass is 336 g/mol. The van der Waals surface area contributed by atoms with Gasteiger partial charge in [-0.3, -0.25) is 4.79 Å². The maximum absolute atomic E-state index is 12.6. The predicted octanol–water partition coefficient (Wildman–Crippen LogP) is 2.39. The molecule has 0 heterocycles. The van der Waals surface area contributed by atoms with Crippen LogP contribution in [-0.4, -0.2) is 39.4 Å². The second kappa shape index (κ2) is 5.91. The van der Waals surface area contributed by atoms with E-state index >= 15 is 0 Å². The molecule has 2 fully saturated rings. The minimum atomic E-state index is -3.57. The highest BCUT2D eigenvalue weighted by molar-refractivity contribution is 7.89. The van der Waals surface area contributed by atoms with Crippen LogP contribution in [0.1, 0.15) is 48.9 Å². The van der Waals surface area contributed by atoms with Crippen LogP contribution < -0.4 is 4.72 Å². The zero-order valence-corrected chi connectivity index (χ0v) is 14.5. The van der Waals surface area contributed by atoms with Gasteiger partial charge in [-0.2, -0.15) is 0 Å². The van der Waals surface area contributed by atoms with E-state index in [1.807, 2.05) is 0 Å². The first-order chi connectivity index (χ1) is 10.8. The normalized spacial score (nSPS) is 22.8. The molecular weight excluding hydrogens is 312 g/mol. The lowest BCUT2D eigenvalue weighted by Crippen LogP contribution is -2.31. The van der Waals surface area contributed by atoms with Crippen LogP contribution in [0.4, 0.5) is 0 Å². The summed E-state index contributed by atoms with van der Waals surface area (Å²) >= 11 is 0. The molecule has 6 heteroatoms. The molecule has 2 saturated carbocycles. The molecule has 2 aliphatic carbocycles. The number of hydrogen-bond donors (Lipinski definition) is 1. The number of benzene rings is 1. The van der Waals surface area contributed by atoms with E-state index in [9.17, 15) is 13.2 Å². The minimum Gasteiger partial charge on any atom is -0.345 e. The summed E-state index contributed by atoms with van der Waals surface area (Å²) in [4.78, 5) is 13.6. The number of amides is 1. The molecular formula is C17H24N2O3S. The molecule has 0 aliphatic heterocycles. The van der Waals surface area contributed by atoms with Crippen LogP contribution in [0.25, 0.3) is 0 Å². The van der Waals surface area contributed by atoms with Crippen molar-refractivity contribution in [2.45, 2.75) is 49.5 Å². The summed E-state index contributed by atoms with van der Waals surface area (Å²) in [6, 6.07) is 6.32. The Balaban J connectivity index is 1.76. The smallest absolute Gasteiger partial charge is 0.253 e. The highest BCUT2D eigenvalue weighted by atomic mass is 32.2. The van der Waals surface area contributed by atoms with Crippen molar-refractivity contribution in [3.8, 4) is 0 Å². The van der Waals surface area contributed by atoms with Gasteiger partial charge in [0.15, 0.2) is 0 Å². The van der Waals surface area contributed by atoms with Gasteiger partial charge in [-0.25, -0.2) is 13.1 Å². The quantitative estimate of drug-likeness (QED) is 0.918. The van der Waals surface area contributed by atoms with Gasteiger partial charge in [0, 0.05) is 25.7 Å². The lowest BCUT2D eigenvalue weighted by atomic mass is 9.86. The van der Waals surface area contributed by atoms with E-state index < -0.39 is 10.0 Å². The van der Waals surface area contributed by atoms with E-state index in [-0.39, 0.29) is 22.3 Å². The molecule has 1 amide bonds. The highest BCUT2D eigenvalue weighted by Crippen LogP contribution is 2.56. The Bertz CT molecular complexity index is 706. The van der Waals surface area contributed by atoms with Crippen molar-refractivity contribution in [1.82, 2.24) is 9.62 Å². The molecule has 1 atom stereocenters. The first-order valence-electron chi connectivity index (χ1n) is 8.18. The number of carbonyl (C=O) groups is 1. The Labute approximate surface area is 138 Å². The standard InChI is InChI=1S/C17H24N2O3S/c1-19(2)16(20)13-7-6-8-14(11-13)23(21,22)18-15-12-17(15)9-4-3-5-10-17/h6-8,11,15,18H,3-5,9-10,12H2,1-2H3. The van der Waals surface area contributed by atoms with E-state index in [0.29, 0.717) is 5.56 Å². The van der Waals surface area contributed by atoms with Gasteiger partial charge in [0.1, 0.15) is 0 Å². The lowest BCUT2D eigenvalue weighted by Gasteiger charge is -2.22. The van der Waals surface area contributed by atoms with Crippen LogP contribution in [0.2, 0.25) is 0 Å². The van der Waals surface area contributed by atoms with Crippen LogP contribution in [0.3, 0.4) is 0 Å². The topological polar surface area (TPSA) is 66.5 Å². The molecule has 1 N–H and O–H groups in total. The van der Waals surface area contributed by atoms with Crippen LogP contribution in [0.5, 0.6) is 0 Å². The van der Waals surface area contributed by atoms with Gasteiger partial charge in [0.05, 0.1) is 4.90 Å². The molecule has 1 spiro atoms. The molecule has 0 saturated heterocycles. The second-order valence-electron chi connectivity index (χ2n) is 7.03. The fourth-order valence-corrected chi connectivity index (χ4v) is 5.02. The Hall–Kier alpha value is -1.40. The number of nitrogens with zero attached hydrogens (tertiary/aromatic N) is 1. The maximum atomic E-state index is 12.6. The molecule has 1 aromatic carbocycles. The van der Waals surface area contributed by atoms with Crippen LogP contribution in [0, 0.1) is 5.41 Å². The van der Waals surface area contributed by atoms with Gasteiger partial charge >= 0.3 is 0 Å². The number of hydrogen-bond acceptors (Lipinski definition) is 3. The Morgan fingerprint density at radius 3 is 2.57 bits per heavy atom. The molecule has 0 aromatic heterocycles. The van der Waals surface area contributed by atoms with E-state index in [4.69, 9.17) is 0 Å². The fraction of sp³-hybridized carbons (Fsp3) is 0.588. The van der Waals surface area contributed by atoms with E-state index in [0.717, 1.165) is 19.3 Å². The second-order valence-corrected chi connectivity index (χ2v) is 8.74. The summed E-state index contributed by atoms with van der Waals surface area (Å²) in [5, 5.41) is 0. The SMILES string of the molecule is CN(C)C(=O)c1cccc(S(=O)(=O)NC2CC23CCCCC3)c1. The summed E-state index contributed by atoms with van der Waals surface area (Å²) in [7, 11) is -0.272. The van der Waals surface area contributed by atoms with Crippen LogP contribution in [0.15, 0.2) is 29.2 Å². The van der Waals surface area contributed by atoms with E-state index in [1.54, 1.807) is 32.3 Å². The predicted molar refractivity (Wildman–Crippen MR) is 88.7 cm³/mol. The van der Waals surface area contributed by atoms with Crippen LogP contribution >= 0.6 is 0 Å². The molecule has 3 rings (SSSR count). The van der Waals surface area contributed by atoms with Gasteiger partial charge in [0.2, 0.25) is 10.0 Å². The van der Waals surface area contributed by atoms with E-state index in [2.05, 4.69) is 4.72 Å². The number of nitrogens with one attached hydrogen (secondary N) is 1. The fourth-order valence-electron chi connectivity index (χ4n) is 3.63. The average Bonchev–Trinajstić information content (AvgIpc) is 3.17. The zero-order chi connectivity index (χ0) is 16.7. The van der Waals surface area contributed by atoms with Crippen molar-refractivity contribution in [3.05, 3.63) is 29.8 Å². The Kier molecular flexibility index (Phi) is 4.23. The summed E-state index contributed by atoms with van der Waals surface area (Å²) in [6.45, 7) is 0. The van der Waals surface area contributed by atoms with Gasteiger partial charge in [-0.05, 0) is 42.9 Å². The molecule has 126 valence electrons. The van der Waals surface area contributed by atoms with Crippen molar-refractivity contribution in [2.24, 2.45) is 5.41 Å². The van der Waals surface area contributed by atoms with Crippen molar-refractivity contribution >= 4 is 15.9 Å². The van der Waals surface area contributed by atoms with Crippen molar-refractivity contribution in [3.63, 3.8) is 0 Å². The lowest BCUT2D eigenvalue weighted by molar-refractivity contribution is 0.0827. The minimum absolute atomic E-state index is 0.0565. The average molecular weight is 336 g/mol. The molecule has 2 aliphatic rings. The Morgan fingerprint density at radius 1 is 1.22 bits per heavy atom. The van der Waals surface area contributed by atoms with Gasteiger partial charge < -0.3 is 4.90 Å². The third-order valence-corrected chi connectivity index (χ3v) is 6.60. The van der Waals surface area contributed by atoms with Crippen molar-refractivity contribution in [2.75, 3.05) is 14.1 Å². The molecule has 0 bridgehead atoms. The molecule has 23 heavy (non-hydrogen) atoms. The van der Waals surface area contributed by atoms with Crippen LogP contribution in [-0.2, 0) is 10.0 Å². The largest absolute Gasteiger partial charge is 0.345 e. The molecule has 1 aromatic rings. The Morgan fingerprint density at radius 2 is 1.91 bits per heavy atom. The highest BCUT2D eigenvalue weighted by Gasteiger charge is 2.55. The number of rotatable bonds is 4. The third kappa shape index (κ3) is 3.28. The van der Waals surface area contributed by atoms with Crippen molar-refractivity contribution in [1.29, 1.82) is 0 Å². The molecule has 5 nitrogen and oxygen atoms in total. The summed E-state index contributed by atoms with van der Waals surface area (Å²) in [5.74, 6) is -0.197. The summed E-state index contributed by atoms with van der Waals surface area (Å²) in [5.41, 5.74) is 0.587. The molecule has 0 radical (unpaired) electrons. The zero-order valence-electron chi connectivity index (χ0n) is 13.7. The number of carbonyl (C=O) groups excluding carboxylic acids is 1. The first kappa shape index (κ1) is 16.5. The number of sulfonamides is 1.